The Bertz CT molecular complexity index is 353. The molecule has 0 bridgehead atoms. The zero-order chi connectivity index (χ0) is 12.3. The first kappa shape index (κ1) is 13.0. The number of nitrogens with zero attached hydrogens (tertiary/aromatic N) is 2. The van der Waals surface area contributed by atoms with E-state index in [1.165, 1.54) is 0 Å². The van der Waals surface area contributed by atoms with Crippen LogP contribution in [0.4, 0.5) is 0 Å². The Kier molecular flexibility index (Phi) is 4.50. The predicted octanol–water partition coefficient (Wildman–Crippen LogP) is 1.56. The van der Waals surface area contributed by atoms with Gasteiger partial charge in [0, 0.05) is 24.2 Å². The Labute approximate surface area is 107 Å². The van der Waals surface area contributed by atoms with Gasteiger partial charge >= 0.3 is 0 Å². The minimum atomic E-state index is 0.0841. The molecule has 2 rings (SSSR count). The molecular formula is C12H21N3OS. The second kappa shape index (κ2) is 5.91. The minimum absolute atomic E-state index is 0.0841. The maximum Gasteiger partial charge on any atom is 0.113 e. The van der Waals surface area contributed by atoms with Crippen LogP contribution >= 0.6 is 11.3 Å². The number of aromatic nitrogens is 1. The zero-order valence-corrected chi connectivity index (χ0v) is 11.4. The summed E-state index contributed by atoms with van der Waals surface area (Å²) in [7, 11) is 0. The van der Waals surface area contributed by atoms with Gasteiger partial charge in [-0.25, -0.2) is 4.98 Å². The smallest absolute Gasteiger partial charge is 0.113 e. The van der Waals surface area contributed by atoms with Gasteiger partial charge in [0.1, 0.15) is 5.01 Å². The molecule has 2 N–H and O–H groups in total. The Hall–Kier alpha value is -0.490. The Morgan fingerprint density at radius 2 is 2.47 bits per heavy atom. The molecule has 5 heteroatoms. The Morgan fingerprint density at radius 1 is 1.65 bits per heavy atom. The van der Waals surface area contributed by atoms with Gasteiger partial charge in [0.25, 0.3) is 0 Å². The lowest BCUT2D eigenvalue weighted by atomic mass is 10.1. The zero-order valence-electron chi connectivity index (χ0n) is 10.6. The predicted molar refractivity (Wildman–Crippen MR) is 70.3 cm³/mol. The van der Waals surface area contributed by atoms with Gasteiger partial charge in [0.05, 0.1) is 18.8 Å². The molecule has 2 atom stereocenters. The number of morpholine rings is 1. The van der Waals surface area contributed by atoms with E-state index in [1.807, 2.05) is 6.92 Å². The van der Waals surface area contributed by atoms with E-state index in [2.05, 4.69) is 22.2 Å². The monoisotopic (exact) mass is 255 g/mol. The summed E-state index contributed by atoms with van der Waals surface area (Å²) in [6.07, 6.45) is 1.24. The topological polar surface area (TPSA) is 51.4 Å². The molecule has 0 spiro atoms. The second-order valence-corrected chi connectivity index (χ2v) is 5.34. The van der Waals surface area contributed by atoms with E-state index in [9.17, 15) is 0 Å². The van der Waals surface area contributed by atoms with Gasteiger partial charge < -0.3 is 10.5 Å². The number of aryl methyl sites for hydroxylation is 1. The van der Waals surface area contributed by atoms with Crippen LogP contribution in [-0.4, -0.2) is 42.2 Å². The number of ether oxygens (including phenoxy) is 1. The average Bonchev–Trinajstić information content (AvgIpc) is 2.75. The minimum Gasteiger partial charge on any atom is -0.373 e. The molecule has 0 aromatic carbocycles. The van der Waals surface area contributed by atoms with Crippen LogP contribution < -0.4 is 5.73 Å². The van der Waals surface area contributed by atoms with Crippen molar-refractivity contribution in [1.29, 1.82) is 0 Å². The van der Waals surface area contributed by atoms with Crippen molar-refractivity contribution in [3.63, 3.8) is 0 Å². The SMILES string of the molecule is CCCN1CCOC(CN)C1c1nc(C)cs1. The lowest BCUT2D eigenvalue weighted by Gasteiger charge is -2.39. The quantitative estimate of drug-likeness (QED) is 0.887. The molecule has 2 unspecified atom stereocenters. The van der Waals surface area contributed by atoms with Crippen molar-refractivity contribution in [2.24, 2.45) is 5.73 Å². The Balaban J connectivity index is 2.21. The molecule has 17 heavy (non-hydrogen) atoms. The summed E-state index contributed by atoms with van der Waals surface area (Å²) >= 11 is 1.72. The lowest BCUT2D eigenvalue weighted by molar-refractivity contribution is -0.0676. The molecule has 1 aliphatic heterocycles. The van der Waals surface area contributed by atoms with Crippen LogP contribution in [0.1, 0.15) is 30.1 Å². The van der Waals surface area contributed by atoms with Crippen molar-refractivity contribution in [2.75, 3.05) is 26.2 Å². The molecule has 1 aliphatic rings. The molecule has 4 nitrogen and oxygen atoms in total. The third kappa shape index (κ3) is 2.85. The van der Waals surface area contributed by atoms with E-state index in [4.69, 9.17) is 10.5 Å². The number of hydrogen-bond acceptors (Lipinski definition) is 5. The number of nitrogens with two attached hydrogens (primary N) is 1. The standard InChI is InChI=1S/C12H21N3OS/c1-3-4-15-5-6-16-10(7-13)11(15)12-14-9(2)8-17-12/h8,10-11H,3-7,13H2,1-2H3. The van der Waals surface area contributed by atoms with Crippen LogP contribution in [0.2, 0.25) is 0 Å². The second-order valence-electron chi connectivity index (χ2n) is 4.45. The summed E-state index contributed by atoms with van der Waals surface area (Å²) in [5, 5.41) is 3.24. The largest absolute Gasteiger partial charge is 0.373 e. The van der Waals surface area contributed by atoms with Crippen molar-refractivity contribution < 1.29 is 4.74 Å². The summed E-state index contributed by atoms with van der Waals surface area (Å²) in [4.78, 5) is 7.06. The molecule has 0 saturated carbocycles. The fourth-order valence-corrected chi connectivity index (χ4v) is 3.33. The van der Waals surface area contributed by atoms with E-state index < -0.39 is 0 Å². The summed E-state index contributed by atoms with van der Waals surface area (Å²) in [6, 6.07) is 0.243. The molecular weight excluding hydrogens is 234 g/mol. The van der Waals surface area contributed by atoms with Crippen molar-refractivity contribution >= 4 is 11.3 Å². The van der Waals surface area contributed by atoms with Crippen LogP contribution in [0.15, 0.2) is 5.38 Å². The van der Waals surface area contributed by atoms with E-state index in [1.54, 1.807) is 11.3 Å². The highest BCUT2D eigenvalue weighted by Gasteiger charge is 2.34. The molecule has 1 saturated heterocycles. The number of thiazole rings is 1. The third-order valence-corrected chi connectivity index (χ3v) is 4.12. The van der Waals surface area contributed by atoms with Crippen molar-refractivity contribution in [1.82, 2.24) is 9.88 Å². The molecule has 1 aromatic heterocycles. The van der Waals surface area contributed by atoms with Gasteiger partial charge in [-0.1, -0.05) is 6.92 Å². The molecule has 0 amide bonds. The van der Waals surface area contributed by atoms with Crippen molar-refractivity contribution in [2.45, 2.75) is 32.4 Å². The highest BCUT2D eigenvalue weighted by Crippen LogP contribution is 2.31. The van der Waals surface area contributed by atoms with Gasteiger partial charge in [-0.05, 0) is 19.9 Å². The van der Waals surface area contributed by atoms with E-state index in [-0.39, 0.29) is 12.1 Å². The van der Waals surface area contributed by atoms with Gasteiger partial charge in [-0.15, -0.1) is 11.3 Å². The van der Waals surface area contributed by atoms with E-state index in [0.29, 0.717) is 6.54 Å². The lowest BCUT2D eigenvalue weighted by Crippen LogP contribution is -2.48. The maximum atomic E-state index is 5.82. The summed E-state index contributed by atoms with van der Waals surface area (Å²) in [5.41, 5.74) is 6.91. The van der Waals surface area contributed by atoms with Gasteiger partial charge in [0.2, 0.25) is 0 Å². The molecule has 1 fully saturated rings. The average molecular weight is 255 g/mol. The van der Waals surface area contributed by atoms with Crippen LogP contribution in [0.5, 0.6) is 0 Å². The van der Waals surface area contributed by atoms with Gasteiger partial charge in [-0.3, -0.25) is 4.90 Å². The van der Waals surface area contributed by atoms with Crippen LogP contribution in [0.25, 0.3) is 0 Å². The maximum absolute atomic E-state index is 5.82. The van der Waals surface area contributed by atoms with E-state index in [0.717, 1.165) is 36.8 Å². The fourth-order valence-electron chi connectivity index (χ4n) is 2.34. The summed E-state index contributed by atoms with van der Waals surface area (Å²) in [5.74, 6) is 0. The molecule has 96 valence electrons. The highest BCUT2D eigenvalue weighted by atomic mass is 32.1. The normalized spacial score (nSPS) is 26.3. The molecule has 1 aromatic rings. The van der Waals surface area contributed by atoms with Crippen molar-refractivity contribution in [3.8, 4) is 0 Å². The summed E-state index contributed by atoms with van der Waals surface area (Å²) < 4.78 is 5.78. The number of hydrogen-bond donors (Lipinski definition) is 1. The first-order valence-corrected chi connectivity index (χ1v) is 7.12. The summed E-state index contributed by atoms with van der Waals surface area (Å²) in [6.45, 7) is 7.64. The fraction of sp³-hybridized carbons (Fsp3) is 0.750. The van der Waals surface area contributed by atoms with Crippen molar-refractivity contribution in [3.05, 3.63) is 16.1 Å². The van der Waals surface area contributed by atoms with E-state index >= 15 is 0 Å². The third-order valence-electron chi connectivity index (χ3n) is 3.09. The van der Waals surface area contributed by atoms with Crippen LogP contribution in [0, 0.1) is 6.92 Å². The first-order chi connectivity index (χ1) is 8.26. The molecule has 0 radical (unpaired) electrons. The first-order valence-electron chi connectivity index (χ1n) is 6.24. The van der Waals surface area contributed by atoms with Crippen LogP contribution in [0.3, 0.4) is 0 Å². The van der Waals surface area contributed by atoms with Crippen LogP contribution in [-0.2, 0) is 4.74 Å². The van der Waals surface area contributed by atoms with Gasteiger partial charge in [-0.2, -0.15) is 0 Å². The van der Waals surface area contributed by atoms with Gasteiger partial charge in [0.15, 0.2) is 0 Å². The number of rotatable bonds is 4. The highest BCUT2D eigenvalue weighted by molar-refractivity contribution is 7.09. The molecule has 2 heterocycles. The Morgan fingerprint density at radius 3 is 3.06 bits per heavy atom. The molecule has 0 aliphatic carbocycles.